The first-order valence-corrected chi connectivity index (χ1v) is 8.54. The Labute approximate surface area is 132 Å². The highest BCUT2D eigenvalue weighted by Gasteiger charge is 2.30. The molecule has 1 atom stereocenters. The topological polar surface area (TPSA) is 41.5 Å². The molecule has 0 bridgehead atoms. The molecular weight excluding hydrogens is 308 g/mol. The van der Waals surface area contributed by atoms with Crippen molar-refractivity contribution in [3.8, 4) is 0 Å². The van der Waals surface area contributed by atoms with E-state index in [1.807, 2.05) is 0 Å². The third-order valence-electron chi connectivity index (χ3n) is 4.30. The van der Waals surface area contributed by atoms with E-state index >= 15 is 0 Å². The van der Waals surface area contributed by atoms with E-state index in [4.69, 9.17) is 16.3 Å². The monoisotopic (exact) mass is 324 g/mol. The van der Waals surface area contributed by atoms with Crippen LogP contribution in [0, 0.1) is 0 Å². The minimum absolute atomic E-state index is 0.342. The minimum atomic E-state index is 0.342. The van der Waals surface area contributed by atoms with Gasteiger partial charge in [0.2, 0.25) is 5.28 Å². The second kappa shape index (κ2) is 5.68. The lowest BCUT2D eigenvalue weighted by Gasteiger charge is -2.32. The summed E-state index contributed by atoms with van der Waals surface area (Å²) < 4.78 is 5.44. The molecule has 0 aliphatic carbocycles. The number of ether oxygens (including phenoxy) is 1. The number of nitrogens with zero attached hydrogens (tertiary/aromatic N) is 4. The molecule has 112 valence electrons. The predicted octanol–water partition coefficient (Wildman–Crippen LogP) is 2.26. The highest BCUT2D eigenvalue weighted by atomic mass is 35.5. The molecule has 0 saturated carbocycles. The molecule has 2 saturated heterocycles. The summed E-state index contributed by atoms with van der Waals surface area (Å²) in [7, 11) is 0. The Hall–Kier alpha value is -0.950. The van der Waals surface area contributed by atoms with Crippen molar-refractivity contribution in [2.45, 2.75) is 12.5 Å². The van der Waals surface area contributed by atoms with Crippen LogP contribution in [0.5, 0.6) is 0 Å². The van der Waals surface area contributed by atoms with Crippen LogP contribution in [0.2, 0.25) is 5.28 Å². The van der Waals surface area contributed by atoms with Crippen molar-refractivity contribution in [3.05, 3.63) is 16.7 Å². The normalized spacial score (nSPS) is 24.0. The van der Waals surface area contributed by atoms with E-state index in [0.717, 1.165) is 55.4 Å². The van der Waals surface area contributed by atoms with Crippen LogP contribution in [0.25, 0.3) is 10.2 Å². The van der Waals surface area contributed by atoms with Gasteiger partial charge in [0.15, 0.2) is 0 Å². The van der Waals surface area contributed by atoms with Crippen molar-refractivity contribution in [1.29, 1.82) is 0 Å². The van der Waals surface area contributed by atoms with E-state index in [0.29, 0.717) is 11.3 Å². The van der Waals surface area contributed by atoms with Crippen molar-refractivity contribution in [2.24, 2.45) is 0 Å². The molecule has 2 aromatic rings. The molecule has 7 heteroatoms. The van der Waals surface area contributed by atoms with E-state index in [9.17, 15) is 0 Å². The lowest BCUT2D eigenvalue weighted by Crippen LogP contribution is -2.44. The number of anilines is 1. The van der Waals surface area contributed by atoms with E-state index in [1.54, 1.807) is 11.3 Å². The van der Waals surface area contributed by atoms with Crippen molar-refractivity contribution in [1.82, 2.24) is 14.9 Å². The first-order chi connectivity index (χ1) is 10.3. The molecule has 4 heterocycles. The fourth-order valence-corrected chi connectivity index (χ4v) is 4.20. The summed E-state index contributed by atoms with van der Waals surface area (Å²) in [6, 6.07) is 2.68. The fraction of sp³-hybridized carbons (Fsp3) is 0.571. The lowest BCUT2D eigenvalue weighted by atomic mass is 10.2. The van der Waals surface area contributed by atoms with Gasteiger partial charge in [0.05, 0.1) is 18.6 Å². The molecule has 1 unspecified atom stereocenters. The molecule has 21 heavy (non-hydrogen) atoms. The Balaban J connectivity index is 1.57. The highest BCUT2D eigenvalue weighted by Crippen LogP contribution is 2.31. The maximum atomic E-state index is 6.08. The summed E-state index contributed by atoms with van der Waals surface area (Å²) in [5.41, 5.74) is 0. The number of hydrogen-bond donors (Lipinski definition) is 0. The number of morpholine rings is 1. The van der Waals surface area contributed by atoms with Gasteiger partial charge < -0.3 is 9.64 Å². The Morgan fingerprint density at radius 1 is 1.24 bits per heavy atom. The van der Waals surface area contributed by atoms with Crippen LogP contribution in [-0.4, -0.2) is 60.3 Å². The van der Waals surface area contributed by atoms with Gasteiger partial charge in [-0.3, -0.25) is 4.90 Å². The Morgan fingerprint density at radius 3 is 2.95 bits per heavy atom. The van der Waals surface area contributed by atoms with Gasteiger partial charge in [-0.05, 0) is 29.5 Å². The van der Waals surface area contributed by atoms with Gasteiger partial charge in [-0.1, -0.05) is 0 Å². The number of aromatic nitrogens is 2. The zero-order chi connectivity index (χ0) is 14.2. The number of fused-ring (bicyclic) bond motifs is 1. The standard InChI is InChI=1S/C14H17ClN4OS/c15-14-16-12(11-2-8-21-13(11)17-14)19-3-1-10(9-19)18-4-6-20-7-5-18/h2,8,10H,1,3-7,9H2. The zero-order valence-electron chi connectivity index (χ0n) is 11.7. The molecule has 5 nitrogen and oxygen atoms in total. The van der Waals surface area contributed by atoms with Gasteiger partial charge in [-0.25, -0.2) is 4.98 Å². The summed E-state index contributed by atoms with van der Waals surface area (Å²) >= 11 is 7.69. The number of rotatable bonds is 2. The van der Waals surface area contributed by atoms with Crippen molar-refractivity contribution in [3.63, 3.8) is 0 Å². The Bertz CT molecular complexity index is 643. The average molecular weight is 325 g/mol. The second-order valence-corrected chi connectivity index (χ2v) is 6.73. The molecular formula is C14H17ClN4OS. The quantitative estimate of drug-likeness (QED) is 0.793. The van der Waals surface area contributed by atoms with Crippen LogP contribution in [0.4, 0.5) is 5.82 Å². The third-order valence-corrected chi connectivity index (χ3v) is 5.28. The van der Waals surface area contributed by atoms with Crippen LogP contribution in [-0.2, 0) is 4.74 Å². The molecule has 0 N–H and O–H groups in total. The van der Waals surface area contributed by atoms with Crippen molar-refractivity contribution < 1.29 is 4.74 Å². The van der Waals surface area contributed by atoms with Gasteiger partial charge in [-0.15, -0.1) is 11.3 Å². The summed E-state index contributed by atoms with van der Waals surface area (Å²) in [5, 5.41) is 3.51. The van der Waals surface area contributed by atoms with Gasteiger partial charge in [0.1, 0.15) is 10.6 Å². The smallest absolute Gasteiger partial charge is 0.225 e. The minimum Gasteiger partial charge on any atom is -0.379 e. The molecule has 0 radical (unpaired) electrons. The molecule has 4 rings (SSSR count). The van der Waals surface area contributed by atoms with Gasteiger partial charge in [0.25, 0.3) is 0 Å². The first-order valence-electron chi connectivity index (χ1n) is 7.29. The summed E-state index contributed by atoms with van der Waals surface area (Å²) in [5.74, 6) is 0.988. The van der Waals surface area contributed by atoms with E-state index < -0.39 is 0 Å². The number of halogens is 1. The Morgan fingerprint density at radius 2 is 2.10 bits per heavy atom. The largest absolute Gasteiger partial charge is 0.379 e. The summed E-state index contributed by atoms with van der Waals surface area (Å²) in [6.45, 7) is 5.82. The SMILES string of the molecule is Clc1nc(N2CCC(N3CCOCC3)C2)c2ccsc2n1. The van der Waals surface area contributed by atoms with Crippen LogP contribution in [0.1, 0.15) is 6.42 Å². The predicted molar refractivity (Wildman–Crippen MR) is 85.4 cm³/mol. The van der Waals surface area contributed by atoms with Crippen LogP contribution >= 0.6 is 22.9 Å². The summed E-state index contributed by atoms with van der Waals surface area (Å²) in [6.07, 6.45) is 1.17. The average Bonchev–Trinajstić information content (AvgIpc) is 3.16. The molecule has 2 aliphatic rings. The van der Waals surface area contributed by atoms with Crippen LogP contribution in [0.3, 0.4) is 0 Å². The van der Waals surface area contributed by atoms with E-state index in [1.165, 1.54) is 6.42 Å². The van der Waals surface area contributed by atoms with Crippen molar-refractivity contribution in [2.75, 3.05) is 44.3 Å². The van der Waals surface area contributed by atoms with Crippen LogP contribution in [0.15, 0.2) is 11.4 Å². The zero-order valence-corrected chi connectivity index (χ0v) is 13.2. The van der Waals surface area contributed by atoms with E-state index in [-0.39, 0.29) is 0 Å². The molecule has 0 aromatic carbocycles. The molecule has 0 amide bonds. The molecule has 2 fully saturated rings. The molecule has 0 spiro atoms. The van der Waals surface area contributed by atoms with Gasteiger partial charge in [-0.2, -0.15) is 4.98 Å². The number of hydrogen-bond acceptors (Lipinski definition) is 6. The highest BCUT2D eigenvalue weighted by molar-refractivity contribution is 7.16. The maximum absolute atomic E-state index is 6.08. The first kappa shape index (κ1) is 13.7. The third kappa shape index (κ3) is 2.61. The second-order valence-electron chi connectivity index (χ2n) is 5.49. The lowest BCUT2D eigenvalue weighted by molar-refractivity contribution is 0.0209. The number of thiophene rings is 1. The van der Waals surface area contributed by atoms with Crippen LogP contribution < -0.4 is 4.90 Å². The fourth-order valence-electron chi connectivity index (χ4n) is 3.23. The van der Waals surface area contributed by atoms with Gasteiger partial charge >= 0.3 is 0 Å². The Kier molecular flexibility index (Phi) is 3.71. The molecule has 2 aromatic heterocycles. The van der Waals surface area contributed by atoms with Crippen molar-refractivity contribution >= 4 is 39.0 Å². The summed E-state index contributed by atoms with van der Waals surface area (Å²) in [4.78, 5) is 14.6. The van der Waals surface area contributed by atoms with Gasteiger partial charge in [0, 0.05) is 32.2 Å². The maximum Gasteiger partial charge on any atom is 0.225 e. The van der Waals surface area contributed by atoms with E-state index in [2.05, 4.69) is 31.2 Å². The molecule has 2 aliphatic heterocycles.